The third-order valence-electron chi connectivity index (χ3n) is 4.12. The van der Waals surface area contributed by atoms with E-state index >= 15 is 0 Å². The molecule has 0 saturated carbocycles. The summed E-state index contributed by atoms with van der Waals surface area (Å²) in [5.74, 6) is 0.303. The smallest absolute Gasteiger partial charge is 0.407 e. The second-order valence-corrected chi connectivity index (χ2v) is 7.73. The molecular formula is C19H29N3O3. The zero-order valence-corrected chi connectivity index (χ0v) is 15.8. The fourth-order valence-electron chi connectivity index (χ4n) is 2.83. The summed E-state index contributed by atoms with van der Waals surface area (Å²) >= 11 is 0. The fraction of sp³-hybridized carbons (Fsp3) is 0.579. The number of anilines is 1. The topological polar surface area (TPSA) is 61.9 Å². The molecule has 0 aromatic heterocycles. The van der Waals surface area contributed by atoms with Gasteiger partial charge in [0.25, 0.3) is 5.91 Å². The minimum absolute atomic E-state index is 0.0449. The van der Waals surface area contributed by atoms with Gasteiger partial charge >= 0.3 is 6.09 Å². The van der Waals surface area contributed by atoms with Gasteiger partial charge in [-0.25, -0.2) is 4.79 Å². The number of nitrogens with zero attached hydrogens (tertiary/aromatic N) is 2. The molecule has 6 nitrogen and oxygen atoms in total. The molecule has 0 spiro atoms. The van der Waals surface area contributed by atoms with E-state index in [-0.39, 0.29) is 11.8 Å². The summed E-state index contributed by atoms with van der Waals surface area (Å²) in [5.41, 5.74) is 1.21. The molecule has 6 heteroatoms. The average Bonchev–Trinajstić information content (AvgIpc) is 2.99. The van der Waals surface area contributed by atoms with Crippen molar-refractivity contribution >= 4 is 17.7 Å². The fourth-order valence-corrected chi connectivity index (χ4v) is 2.83. The van der Waals surface area contributed by atoms with Crippen molar-refractivity contribution in [1.29, 1.82) is 0 Å². The van der Waals surface area contributed by atoms with Crippen molar-refractivity contribution in [2.45, 2.75) is 32.8 Å². The Balaban J connectivity index is 1.87. The van der Waals surface area contributed by atoms with Gasteiger partial charge in [0.1, 0.15) is 5.60 Å². The molecule has 1 aliphatic rings. The van der Waals surface area contributed by atoms with Crippen LogP contribution in [0.1, 0.15) is 37.6 Å². The van der Waals surface area contributed by atoms with Gasteiger partial charge in [-0.05, 0) is 51.3 Å². The van der Waals surface area contributed by atoms with Crippen molar-refractivity contribution < 1.29 is 14.3 Å². The Morgan fingerprint density at radius 3 is 2.68 bits per heavy atom. The van der Waals surface area contributed by atoms with E-state index < -0.39 is 11.7 Å². The summed E-state index contributed by atoms with van der Waals surface area (Å²) < 4.78 is 5.24. The Morgan fingerprint density at radius 2 is 2.04 bits per heavy atom. The normalized spacial score (nSPS) is 17.3. The monoisotopic (exact) mass is 347 g/mol. The quantitative estimate of drug-likeness (QED) is 0.910. The number of carbonyl (C=O) groups is 2. The third-order valence-corrected chi connectivity index (χ3v) is 4.12. The van der Waals surface area contributed by atoms with Gasteiger partial charge in [-0.1, -0.05) is 6.07 Å². The van der Waals surface area contributed by atoms with Crippen LogP contribution in [0.2, 0.25) is 0 Å². The first-order chi connectivity index (χ1) is 11.7. The number of rotatable bonds is 4. The molecule has 0 aliphatic carbocycles. The minimum Gasteiger partial charge on any atom is -0.444 e. The number of ether oxygens (including phenoxy) is 1. The lowest BCUT2D eigenvalue weighted by Gasteiger charge is -2.21. The predicted octanol–water partition coefficient (Wildman–Crippen LogP) is 2.74. The van der Waals surface area contributed by atoms with Crippen molar-refractivity contribution in [2.75, 3.05) is 38.6 Å². The Labute approximate surface area is 150 Å². The minimum atomic E-state index is -0.501. The Hall–Kier alpha value is -2.24. The molecule has 1 aromatic rings. The van der Waals surface area contributed by atoms with Gasteiger partial charge in [-0.3, -0.25) is 4.79 Å². The second-order valence-electron chi connectivity index (χ2n) is 7.73. The molecule has 1 aliphatic heterocycles. The zero-order valence-electron chi connectivity index (χ0n) is 15.8. The maximum atomic E-state index is 12.7. The molecule has 2 rings (SSSR count). The largest absolute Gasteiger partial charge is 0.444 e. The van der Waals surface area contributed by atoms with Gasteiger partial charge in [0.05, 0.1) is 0 Å². The van der Waals surface area contributed by atoms with Gasteiger partial charge in [0, 0.05) is 45.0 Å². The number of hydrogen-bond donors (Lipinski definition) is 1. The van der Waals surface area contributed by atoms with E-state index in [1.807, 2.05) is 68.9 Å². The van der Waals surface area contributed by atoms with Crippen LogP contribution >= 0.6 is 0 Å². The third kappa shape index (κ3) is 5.66. The van der Waals surface area contributed by atoms with Crippen LogP contribution in [0, 0.1) is 5.92 Å². The van der Waals surface area contributed by atoms with Gasteiger partial charge in [-0.2, -0.15) is 0 Å². The highest BCUT2D eigenvalue weighted by Crippen LogP contribution is 2.20. The number of hydrogen-bond acceptors (Lipinski definition) is 4. The van der Waals surface area contributed by atoms with Crippen molar-refractivity contribution in [3.05, 3.63) is 29.8 Å². The number of benzene rings is 1. The van der Waals surface area contributed by atoms with Crippen LogP contribution in [-0.2, 0) is 4.74 Å². The first-order valence-corrected chi connectivity index (χ1v) is 8.69. The average molecular weight is 347 g/mol. The van der Waals surface area contributed by atoms with E-state index in [1.54, 1.807) is 0 Å². The van der Waals surface area contributed by atoms with Crippen molar-refractivity contribution in [3.8, 4) is 0 Å². The number of carbonyl (C=O) groups excluding carboxylic acids is 2. The molecule has 25 heavy (non-hydrogen) atoms. The standard InChI is InChI=1S/C19H29N3O3/c1-19(2,3)25-18(24)20-12-14-9-10-22(13-14)17(23)15-7-6-8-16(11-15)21(4)5/h6-8,11,14H,9-10,12-13H2,1-5H3,(H,20,24)/t14-/m0/s1. The molecule has 0 radical (unpaired) electrons. The number of amides is 2. The van der Waals surface area contributed by atoms with Crippen LogP contribution in [-0.4, -0.2) is 56.2 Å². The van der Waals surface area contributed by atoms with Gasteiger partial charge in [0.15, 0.2) is 0 Å². The Morgan fingerprint density at radius 1 is 1.32 bits per heavy atom. The van der Waals surface area contributed by atoms with E-state index in [4.69, 9.17) is 4.74 Å². The molecule has 1 heterocycles. The lowest BCUT2D eigenvalue weighted by atomic mass is 10.1. The van der Waals surface area contributed by atoms with E-state index in [1.165, 1.54) is 0 Å². The van der Waals surface area contributed by atoms with Gasteiger partial charge in [-0.15, -0.1) is 0 Å². The summed E-state index contributed by atoms with van der Waals surface area (Å²) in [6, 6.07) is 7.64. The Bertz CT molecular complexity index is 623. The molecule has 1 N–H and O–H groups in total. The molecule has 1 fully saturated rings. The summed E-state index contributed by atoms with van der Waals surface area (Å²) in [7, 11) is 3.91. The van der Waals surface area contributed by atoms with Crippen molar-refractivity contribution in [1.82, 2.24) is 10.2 Å². The van der Waals surface area contributed by atoms with Crippen LogP contribution in [0.25, 0.3) is 0 Å². The molecule has 138 valence electrons. The molecule has 1 aromatic carbocycles. The first kappa shape index (κ1) is 19.1. The number of likely N-dealkylation sites (tertiary alicyclic amines) is 1. The van der Waals surface area contributed by atoms with Crippen LogP contribution in [0.4, 0.5) is 10.5 Å². The maximum Gasteiger partial charge on any atom is 0.407 e. The van der Waals surface area contributed by atoms with Gasteiger partial charge < -0.3 is 19.9 Å². The Kier molecular flexibility index (Phi) is 5.93. The lowest BCUT2D eigenvalue weighted by Crippen LogP contribution is -2.36. The van der Waals surface area contributed by atoms with E-state index in [9.17, 15) is 9.59 Å². The summed E-state index contributed by atoms with van der Waals surface area (Å²) in [6.07, 6.45) is 0.477. The van der Waals surface area contributed by atoms with Gasteiger partial charge in [0.2, 0.25) is 0 Å². The molecular weight excluding hydrogens is 318 g/mol. The molecule has 0 unspecified atom stereocenters. The van der Waals surface area contributed by atoms with Crippen LogP contribution in [0.3, 0.4) is 0 Å². The summed E-state index contributed by atoms with van der Waals surface area (Å²) in [6.45, 7) is 7.40. The van der Waals surface area contributed by atoms with E-state index in [0.717, 1.165) is 12.1 Å². The van der Waals surface area contributed by atoms with Crippen LogP contribution in [0.5, 0.6) is 0 Å². The summed E-state index contributed by atoms with van der Waals surface area (Å²) in [4.78, 5) is 28.3. The molecule has 0 bridgehead atoms. The highest BCUT2D eigenvalue weighted by atomic mass is 16.6. The van der Waals surface area contributed by atoms with Crippen LogP contribution < -0.4 is 10.2 Å². The molecule has 1 atom stereocenters. The molecule has 1 saturated heterocycles. The zero-order chi connectivity index (χ0) is 18.6. The lowest BCUT2D eigenvalue weighted by molar-refractivity contribution is 0.0520. The van der Waals surface area contributed by atoms with Crippen molar-refractivity contribution in [3.63, 3.8) is 0 Å². The number of alkyl carbamates (subject to hydrolysis) is 1. The predicted molar refractivity (Wildman–Crippen MR) is 99.0 cm³/mol. The second kappa shape index (κ2) is 7.76. The van der Waals surface area contributed by atoms with Crippen LogP contribution in [0.15, 0.2) is 24.3 Å². The highest BCUT2D eigenvalue weighted by Gasteiger charge is 2.28. The van der Waals surface area contributed by atoms with E-state index in [2.05, 4.69) is 5.32 Å². The van der Waals surface area contributed by atoms with Crippen molar-refractivity contribution in [2.24, 2.45) is 5.92 Å². The maximum absolute atomic E-state index is 12.7. The SMILES string of the molecule is CN(C)c1cccc(C(=O)N2CC[C@@H](CNC(=O)OC(C)(C)C)C2)c1. The molecule has 2 amide bonds. The first-order valence-electron chi connectivity index (χ1n) is 8.69. The van der Waals surface area contributed by atoms with E-state index in [0.29, 0.717) is 25.2 Å². The number of nitrogens with one attached hydrogen (secondary N) is 1. The highest BCUT2D eigenvalue weighted by molar-refractivity contribution is 5.95. The summed E-state index contributed by atoms with van der Waals surface area (Å²) in [5, 5.41) is 2.80.